The predicted molar refractivity (Wildman–Crippen MR) is 86.1 cm³/mol. The lowest BCUT2D eigenvalue weighted by Crippen LogP contribution is -2.49. The van der Waals surface area contributed by atoms with Crippen LogP contribution in [0, 0.1) is 0 Å². The van der Waals surface area contributed by atoms with Gasteiger partial charge in [-0.2, -0.15) is 4.98 Å². The zero-order valence-corrected chi connectivity index (χ0v) is 13.2. The molecule has 0 amide bonds. The van der Waals surface area contributed by atoms with Crippen molar-refractivity contribution in [3.63, 3.8) is 0 Å². The SMILES string of the molecule is C[C@@](O)(CNc1noc(-c2ccccc2)n1)CN1CCOCC1. The average molecular weight is 318 g/mol. The molecule has 1 fully saturated rings. The summed E-state index contributed by atoms with van der Waals surface area (Å²) in [6.07, 6.45) is 0. The molecule has 0 spiro atoms. The fraction of sp³-hybridized carbons (Fsp3) is 0.500. The maximum Gasteiger partial charge on any atom is 0.263 e. The molecule has 2 heterocycles. The summed E-state index contributed by atoms with van der Waals surface area (Å²) >= 11 is 0. The van der Waals surface area contributed by atoms with Crippen LogP contribution in [0.25, 0.3) is 11.5 Å². The summed E-state index contributed by atoms with van der Waals surface area (Å²) in [6.45, 7) is 5.84. The molecular formula is C16H22N4O3. The van der Waals surface area contributed by atoms with Gasteiger partial charge in [0.1, 0.15) is 0 Å². The fourth-order valence-corrected chi connectivity index (χ4v) is 2.56. The second-order valence-electron chi connectivity index (χ2n) is 6.03. The van der Waals surface area contributed by atoms with Crippen LogP contribution < -0.4 is 5.32 Å². The van der Waals surface area contributed by atoms with E-state index < -0.39 is 5.60 Å². The molecule has 1 aromatic carbocycles. The molecule has 23 heavy (non-hydrogen) atoms. The number of morpholine rings is 1. The van der Waals surface area contributed by atoms with E-state index in [1.165, 1.54) is 0 Å². The highest BCUT2D eigenvalue weighted by molar-refractivity contribution is 5.53. The maximum absolute atomic E-state index is 10.5. The van der Waals surface area contributed by atoms with E-state index in [4.69, 9.17) is 9.26 Å². The average Bonchev–Trinajstić information content (AvgIpc) is 3.04. The number of hydrogen-bond donors (Lipinski definition) is 2. The third-order valence-electron chi connectivity index (χ3n) is 3.74. The zero-order valence-electron chi connectivity index (χ0n) is 13.2. The zero-order chi connectivity index (χ0) is 16.1. The van der Waals surface area contributed by atoms with Gasteiger partial charge in [0.15, 0.2) is 0 Å². The molecule has 2 aromatic rings. The van der Waals surface area contributed by atoms with Crippen molar-refractivity contribution in [2.24, 2.45) is 0 Å². The summed E-state index contributed by atoms with van der Waals surface area (Å²) in [4.78, 5) is 6.49. The van der Waals surface area contributed by atoms with E-state index in [2.05, 4.69) is 20.4 Å². The fourth-order valence-electron chi connectivity index (χ4n) is 2.56. The van der Waals surface area contributed by atoms with Crippen LogP contribution in [0.4, 0.5) is 5.95 Å². The third-order valence-corrected chi connectivity index (χ3v) is 3.74. The largest absolute Gasteiger partial charge is 0.387 e. The summed E-state index contributed by atoms with van der Waals surface area (Å²) in [5, 5.41) is 17.5. The lowest BCUT2D eigenvalue weighted by Gasteiger charge is -2.33. The molecule has 2 N–H and O–H groups in total. The van der Waals surface area contributed by atoms with Gasteiger partial charge in [0, 0.05) is 31.7 Å². The van der Waals surface area contributed by atoms with Crippen LogP contribution in [0.5, 0.6) is 0 Å². The van der Waals surface area contributed by atoms with E-state index >= 15 is 0 Å². The smallest absolute Gasteiger partial charge is 0.263 e. The number of ether oxygens (including phenoxy) is 1. The standard InChI is InChI=1S/C16H22N4O3/c1-16(21,12-20-7-9-22-10-8-20)11-17-15-18-14(23-19-15)13-5-3-2-4-6-13/h2-6,21H,7-12H2,1H3,(H,17,19)/t16-/m1/s1. The Hall–Kier alpha value is -1.96. The number of hydrogen-bond acceptors (Lipinski definition) is 7. The summed E-state index contributed by atoms with van der Waals surface area (Å²) in [5.41, 5.74) is -0.0154. The highest BCUT2D eigenvalue weighted by Crippen LogP contribution is 2.18. The number of nitrogens with one attached hydrogen (secondary N) is 1. The van der Waals surface area contributed by atoms with Crippen molar-refractivity contribution < 1.29 is 14.4 Å². The minimum absolute atomic E-state index is 0.345. The van der Waals surface area contributed by atoms with Crippen LogP contribution >= 0.6 is 0 Å². The Labute approximate surface area is 135 Å². The first-order valence-electron chi connectivity index (χ1n) is 7.78. The summed E-state index contributed by atoms with van der Waals surface area (Å²) in [6, 6.07) is 9.58. The molecule has 0 saturated carbocycles. The topological polar surface area (TPSA) is 83.7 Å². The number of benzene rings is 1. The van der Waals surface area contributed by atoms with Crippen molar-refractivity contribution in [3.05, 3.63) is 30.3 Å². The van der Waals surface area contributed by atoms with Crippen molar-refractivity contribution in [2.45, 2.75) is 12.5 Å². The number of nitrogens with zero attached hydrogens (tertiary/aromatic N) is 3. The van der Waals surface area contributed by atoms with Crippen LogP contribution in [0.3, 0.4) is 0 Å². The number of aromatic nitrogens is 2. The highest BCUT2D eigenvalue weighted by Gasteiger charge is 2.25. The molecule has 1 saturated heterocycles. The maximum atomic E-state index is 10.5. The molecule has 124 valence electrons. The molecule has 0 radical (unpaired) electrons. The summed E-state index contributed by atoms with van der Waals surface area (Å²) < 4.78 is 10.6. The Kier molecular flexibility index (Phi) is 4.90. The van der Waals surface area contributed by atoms with Crippen LogP contribution in [-0.4, -0.2) is 65.1 Å². The Morgan fingerprint density at radius 1 is 1.26 bits per heavy atom. The van der Waals surface area contributed by atoms with Crippen molar-refractivity contribution >= 4 is 5.95 Å². The Balaban J connectivity index is 1.54. The van der Waals surface area contributed by atoms with E-state index in [0.29, 0.717) is 24.9 Å². The van der Waals surface area contributed by atoms with Crippen LogP contribution in [0.15, 0.2) is 34.9 Å². The highest BCUT2D eigenvalue weighted by atomic mass is 16.5. The Morgan fingerprint density at radius 2 is 2.00 bits per heavy atom. The Bertz CT molecular complexity index is 609. The number of rotatable bonds is 6. The van der Waals surface area contributed by atoms with Gasteiger partial charge in [0.05, 0.1) is 18.8 Å². The first-order valence-corrected chi connectivity index (χ1v) is 7.78. The molecule has 0 bridgehead atoms. The van der Waals surface area contributed by atoms with Gasteiger partial charge in [-0.15, -0.1) is 0 Å². The van der Waals surface area contributed by atoms with E-state index in [1.807, 2.05) is 30.3 Å². The van der Waals surface area contributed by atoms with Crippen molar-refractivity contribution in [3.8, 4) is 11.5 Å². The van der Waals surface area contributed by atoms with Gasteiger partial charge < -0.3 is 19.7 Å². The molecule has 0 aliphatic carbocycles. The molecule has 7 heteroatoms. The molecule has 1 aliphatic heterocycles. The number of anilines is 1. The summed E-state index contributed by atoms with van der Waals surface area (Å²) in [7, 11) is 0. The minimum Gasteiger partial charge on any atom is -0.387 e. The normalized spacial score (nSPS) is 18.5. The van der Waals surface area contributed by atoms with Gasteiger partial charge in [-0.1, -0.05) is 18.2 Å². The van der Waals surface area contributed by atoms with Crippen LogP contribution in [-0.2, 0) is 4.74 Å². The van der Waals surface area contributed by atoms with Crippen molar-refractivity contribution in [1.29, 1.82) is 0 Å². The number of β-amino-alcohol motifs (C(OH)–C–C–N with tert-alkyl or cyclic N) is 1. The lowest BCUT2D eigenvalue weighted by molar-refractivity contribution is -0.0164. The molecule has 1 aromatic heterocycles. The van der Waals surface area contributed by atoms with E-state index in [9.17, 15) is 5.11 Å². The van der Waals surface area contributed by atoms with E-state index in [-0.39, 0.29) is 0 Å². The molecule has 1 atom stereocenters. The molecule has 1 aliphatic rings. The summed E-state index contributed by atoms with van der Waals surface area (Å²) in [5.74, 6) is 0.840. The number of aliphatic hydroxyl groups is 1. The molecule has 0 unspecified atom stereocenters. The predicted octanol–water partition coefficient (Wildman–Crippen LogP) is 1.23. The Morgan fingerprint density at radius 3 is 2.74 bits per heavy atom. The molecular weight excluding hydrogens is 296 g/mol. The van der Waals surface area contributed by atoms with Crippen LogP contribution in [0.2, 0.25) is 0 Å². The van der Waals surface area contributed by atoms with E-state index in [0.717, 1.165) is 31.9 Å². The van der Waals surface area contributed by atoms with Crippen molar-refractivity contribution in [2.75, 3.05) is 44.7 Å². The third kappa shape index (κ3) is 4.51. The molecule has 7 nitrogen and oxygen atoms in total. The lowest BCUT2D eigenvalue weighted by atomic mass is 10.1. The van der Waals surface area contributed by atoms with Gasteiger partial charge in [-0.05, 0) is 24.2 Å². The van der Waals surface area contributed by atoms with Gasteiger partial charge >= 0.3 is 0 Å². The van der Waals surface area contributed by atoms with Gasteiger partial charge in [-0.3, -0.25) is 4.90 Å². The van der Waals surface area contributed by atoms with Crippen LogP contribution in [0.1, 0.15) is 6.92 Å². The molecule has 3 rings (SSSR count). The van der Waals surface area contributed by atoms with Gasteiger partial charge in [-0.25, -0.2) is 0 Å². The van der Waals surface area contributed by atoms with Gasteiger partial charge in [0.2, 0.25) is 0 Å². The monoisotopic (exact) mass is 318 g/mol. The van der Waals surface area contributed by atoms with Gasteiger partial charge in [0.25, 0.3) is 11.8 Å². The quantitative estimate of drug-likeness (QED) is 0.829. The second-order valence-corrected chi connectivity index (χ2v) is 6.03. The first-order chi connectivity index (χ1) is 11.1. The van der Waals surface area contributed by atoms with E-state index in [1.54, 1.807) is 6.92 Å². The first kappa shape index (κ1) is 15.9. The van der Waals surface area contributed by atoms with Crippen molar-refractivity contribution in [1.82, 2.24) is 15.0 Å². The second kappa shape index (κ2) is 7.08. The minimum atomic E-state index is -0.884.